The summed E-state index contributed by atoms with van der Waals surface area (Å²) < 4.78 is 11.1. The second kappa shape index (κ2) is 13.1. The van der Waals surface area contributed by atoms with Crippen LogP contribution >= 0.6 is 0 Å². The molecule has 2 fully saturated rings. The van der Waals surface area contributed by atoms with Gasteiger partial charge in [-0.25, -0.2) is 0 Å². The van der Waals surface area contributed by atoms with Gasteiger partial charge in [0.1, 0.15) is 0 Å². The summed E-state index contributed by atoms with van der Waals surface area (Å²) in [5.74, 6) is -0.311. The largest absolute Gasteiger partial charge is 0.378 e. The van der Waals surface area contributed by atoms with Crippen LogP contribution in [0.2, 0.25) is 0 Å². The lowest BCUT2D eigenvalue weighted by atomic mass is 10.0. The zero-order valence-corrected chi connectivity index (χ0v) is 26.9. The van der Waals surface area contributed by atoms with E-state index in [0.717, 1.165) is 59.8 Å². The molecule has 8 rings (SSSR count). The molecular weight excluding hydrogens is 600 g/mol. The first-order valence-electron chi connectivity index (χ1n) is 16.7. The number of amides is 2. The fourth-order valence-corrected chi connectivity index (χ4v) is 7.13. The number of benzene rings is 4. The first kappa shape index (κ1) is 30.2. The molecule has 0 aliphatic carbocycles. The van der Waals surface area contributed by atoms with Gasteiger partial charge in [-0.3, -0.25) is 9.59 Å². The van der Waals surface area contributed by atoms with E-state index in [1.807, 2.05) is 84.9 Å². The van der Waals surface area contributed by atoms with Crippen LogP contribution in [-0.2, 0) is 32.2 Å². The average Bonchev–Trinajstić information content (AvgIpc) is 3.59. The van der Waals surface area contributed by atoms with Crippen molar-refractivity contribution in [2.24, 2.45) is 0 Å². The molecule has 4 aromatic carbocycles. The molecule has 4 heterocycles. The fourth-order valence-electron chi connectivity index (χ4n) is 7.13. The number of ether oxygens (including phenoxy) is 2. The Morgan fingerprint density at radius 3 is 1.17 bits per heavy atom. The minimum absolute atomic E-state index is 0.155. The Morgan fingerprint density at radius 1 is 0.458 bits per heavy atom. The van der Waals surface area contributed by atoms with Crippen LogP contribution < -0.4 is 9.80 Å². The molecular formula is C40H38N4O4. The number of hydrogen-bond donors (Lipinski definition) is 0. The number of anilines is 2. The summed E-state index contributed by atoms with van der Waals surface area (Å²) in [6, 6.07) is 36.5. The van der Waals surface area contributed by atoms with Gasteiger partial charge in [0, 0.05) is 37.6 Å². The quantitative estimate of drug-likeness (QED) is 0.252. The first-order chi connectivity index (χ1) is 23.7. The van der Waals surface area contributed by atoms with Crippen LogP contribution in [0.5, 0.6) is 0 Å². The Hall–Kier alpha value is -5.18. The molecule has 0 atom stereocenters. The van der Waals surface area contributed by atoms with E-state index in [-0.39, 0.29) is 11.8 Å². The van der Waals surface area contributed by atoms with Gasteiger partial charge >= 0.3 is 0 Å². The van der Waals surface area contributed by atoms with Gasteiger partial charge in [-0.2, -0.15) is 0 Å². The van der Waals surface area contributed by atoms with Crippen molar-refractivity contribution in [2.75, 3.05) is 62.4 Å². The normalized spacial score (nSPS) is 18.3. The summed E-state index contributed by atoms with van der Waals surface area (Å²) >= 11 is 0. The Balaban J connectivity index is 1.26. The third kappa shape index (κ3) is 5.67. The molecule has 0 aromatic heterocycles. The van der Waals surface area contributed by atoms with Gasteiger partial charge < -0.3 is 29.1 Å². The van der Waals surface area contributed by atoms with Crippen molar-refractivity contribution in [2.45, 2.75) is 13.1 Å². The van der Waals surface area contributed by atoms with Gasteiger partial charge in [0.15, 0.2) is 0 Å². The molecule has 0 spiro atoms. The van der Waals surface area contributed by atoms with Crippen LogP contribution in [0.25, 0.3) is 11.4 Å². The van der Waals surface area contributed by atoms with Crippen LogP contribution in [0.3, 0.4) is 0 Å². The van der Waals surface area contributed by atoms with Gasteiger partial charge in [0.25, 0.3) is 11.8 Å². The Bertz CT molecular complexity index is 1720. The highest BCUT2D eigenvalue weighted by Gasteiger charge is 2.48. The molecule has 4 aromatic rings. The molecule has 8 nitrogen and oxygen atoms in total. The SMILES string of the molecule is O=C1C2=C(c3ccc(N4CCOCC4)cc3)N(Cc3ccccc3)C(=O)C2=C(c2ccc(N3CCOCC3)cc2)N1Cc1ccccc1. The van der Waals surface area contributed by atoms with E-state index < -0.39 is 0 Å². The predicted molar refractivity (Wildman–Crippen MR) is 187 cm³/mol. The third-order valence-electron chi connectivity index (χ3n) is 9.58. The maximum absolute atomic E-state index is 14.7. The van der Waals surface area contributed by atoms with Gasteiger partial charge in [0.2, 0.25) is 0 Å². The van der Waals surface area contributed by atoms with Crippen molar-refractivity contribution in [1.82, 2.24) is 9.80 Å². The minimum Gasteiger partial charge on any atom is -0.378 e. The van der Waals surface area contributed by atoms with E-state index in [4.69, 9.17) is 9.47 Å². The Labute approximate surface area is 281 Å². The van der Waals surface area contributed by atoms with Crippen LogP contribution in [0.15, 0.2) is 120 Å². The molecule has 8 heteroatoms. The number of carbonyl (C=O) groups excluding carboxylic acids is 2. The molecule has 4 aliphatic heterocycles. The zero-order valence-electron chi connectivity index (χ0n) is 26.9. The first-order valence-corrected chi connectivity index (χ1v) is 16.7. The van der Waals surface area contributed by atoms with Crippen LogP contribution in [-0.4, -0.2) is 74.2 Å². The van der Waals surface area contributed by atoms with Crippen LogP contribution in [0.4, 0.5) is 11.4 Å². The third-order valence-corrected chi connectivity index (χ3v) is 9.58. The lowest BCUT2D eigenvalue weighted by molar-refractivity contribution is -0.124. The highest BCUT2D eigenvalue weighted by atomic mass is 16.5. The summed E-state index contributed by atoms with van der Waals surface area (Å²) in [5, 5.41) is 0. The molecule has 242 valence electrons. The minimum atomic E-state index is -0.155. The van der Waals surface area contributed by atoms with E-state index in [0.29, 0.717) is 62.1 Å². The van der Waals surface area contributed by atoms with Gasteiger partial charge in [-0.15, -0.1) is 0 Å². The molecule has 0 bridgehead atoms. The summed E-state index contributed by atoms with van der Waals surface area (Å²) in [6.45, 7) is 6.86. The average molecular weight is 639 g/mol. The predicted octanol–water partition coefficient (Wildman–Crippen LogP) is 5.57. The number of rotatable bonds is 8. The summed E-state index contributed by atoms with van der Waals surface area (Å²) in [7, 11) is 0. The topological polar surface area (TPSA) is 65.6 Å². The van der Waals surface area contributed by atoms with Gasteiger partial charge in [-0.1, -0.05) is 84.9 Å². The van der Waals surface area contributed by atoms with E-state index in [2.05, 4.69) is 34.1 Å². The smallest absolute Gasteiger partial charge is 0.261 e. The monoisotopic (exact) mass is 638 g/mol. The number of morpholine rings is 2. The number of nitrogens with zero attached hydrogens (tertiary/aromatic N) is 4. The maximum atomic E-state index is 14.7. The van der Waals surface area contributed by atoms with Gasteiger partial charge in [-0.05, 0) is 46.5 Å². The standard InChI is InChI=1S/C40H38N4O4/c45-39-36-35(37(43(39)27-29-7-3-1-4-8-29)31-11-15-33(16-12-31)41-19-23-47-24-20-41)40(46)44(28-30-9-5-2-6-10-30)38(36)32-13-17-34(18-14-32)42-21-25-48-26-22-42/h1-18H,19-28H2. The van der Waals surface area contributed by atoms with Gasteiger partial charge in [0.05, 0.1) is 62.1 Å². The fraction of sp³-hybridized carbons (Fsp3) is 0.250. The summed E-state index contributed by atoms with van der Waals surface area (Å²) in [5.41, 5.74) is 8.16. The lowest BCUT2D eigenvalue weighted by Crippen LogP contribution is -2.36. The molecule has 2 amide bonds. The van der Waals surface area contributed by atoms with E-state index >= 15 is 0 Å². The molecule has 0 saturated carbocycles. The Morgan fingerprint density at radius 2 is 0.812 bits per heavy atom. The molecule has 0 N–H and O–H groups in total. The number of hydrogen-bond acceptors (Lipinski definition) is 6. The van der Waals surface area contributed by atoms with Crippen molar-refractivity contribution < 1.29 is 19.1 Å². The molecule has 0 radical (unpaired) electrons. The van der Waals surface area contributed by atoms with Crippen molar-refractivity contribution in [3.63, 3.8) is 0 Å². The second-order valence-corrected chi connectivity index (χ2v) is 12.5. The number of carbonyl (C=O) groups is 2. The molecule has 48 heavy (non-hydrogen) atoms. The summed E-state index contributed by atoms with van der Waals surface area (Å²) in [4.78, 5) is 37.7. The summed E-state index contributed by atoms with van der Waals surface area (Å²) in [6.07, 6.45) is 0. The van der Waals surface area contributed by atoms with Crippen molar-refractivity contribution >= 4 is 34.6 Å². The molecule has 0 unspecified atom stereocenters. The Kier molecular flexibility index (Phi) is 8.26. The van der Waals surface area contributed by atoms with Crippen molar-refractivity contribution in [3.05, 3.63) is 143 Å². The molecule has 4 aliphatic rings. The van der Waals surface area contributed by atoms with Crippen molar-refractivity contribution in [3.8, 4) is 0 Å². The molecule has 2 saturated heterocycles. The highest BCUT2D eigenvalue weighted by molar-refractivity contribution is 6.30. The van der Waals surface area contributed by atoms with E-state index in [1.165, 1.54) is 0 Å². The van der Waals surface area contributed by atoms with E-state index in [1.54, 1.807) is 9.80 Å². The van der Waals surface area contributed by atoms with Crippen LogP contribution in [0.1, 0.15) is 22.3 Å². The highest BCUT2D eigenvalue weighted by Crippen LogP contribution is 2.48. The van der Waals surface area contributed by atoms with E-state index in [9.17, 15) is 9.59 Å². The zero-order chi connectivity index (χ0) is 32.5. The second-order valence-electron chi connectivity index (χ2n) is 12.5. The number of fused-ring (bicyclic) bond motifs is 1. The lowest BCUT2D eigenvalue weighted by Gasteiger charge is -2.29. The van der Waals surface area contributed by atoms with Crippen LogP contribution in [0, 0.1) is 0 Å². The maximum Gasteiger partial charge on any atom is 0.261 e. The van der Waals surface area contributed by atoms with Crippen molar-refractivity contribution in [1.29, 1.82) is 0 Å².